The van der Waals surface area contributed by atoms with E-state index in [1.165, 1.54) is 25.2 Å². The largest absolute Gasteiger partial charge is 0.355 e. The Labute approximate surface area is 93.8 Å². The molecule has 5 heteroatoms. The van der Waals surface area contributed by atoms with Crippen LogP contribution >= 0.6 is 22.6 Å². The minimum absolute atomic E-state index is 0.0433. The molecule has 0 aliphatic carbocycles. The Balaban J connectivity index is 3.06. The molecule has 2 nitrogen and oxygen atoms in total. The van der Waals surface area contributed by atoms with E-state index in [0.29, 0.717) is 9.13 Å². The number of carbonyl (C=O) groups excluding carboxylic acids is 1. The summed E-state index contributed by atoms with van der Waals surface area (Å²) in [5.41, 5.74) is 0.347. The smallest absolute Gasteiger partial charge is 0.264 e. The first-order valence-corrected chi connectivity index (χ1v) is 4.94. The zero-order valence-corrected chi connectivity index (χ0v) is 9.51. The van der Waals surface area contributed by atoms with Crippen molar-refractivity contribution in [3.8, 4) is 0 Å². The number of nitrogens with one attached hydrogen (secondary N) is 1. The van der Waals surface area contributed by atoms with E-state index in [1.807, 2.05) is 0 Å². The van der Waals surface area contributed by atoms with Crippen molar-refractivity contribution in [2.75, 3.05) is 7.05 Å². The predicted molar refractivity (Wildman–Crippen MR) is 57.5 cm³/mol. The van der Waals surface area contributed by atoms with Crippen LogP contribution in [0.3, 0.4) is 0 Å². The number of alkyl halides is 2. The molecule has 0 radical (unpaired) electrons. The molecule has 0 spiro atoms. The maximum atomic E-state index is 12.3. The molecule has 0 aliphatic heterocycles. The van der Waals surface area contributed by atoms with Crippen LogP contribution in [0.15, 0.2) is 18.2 Å². The van der Waals surface area contributed by atoms with Crippen molar-refractivity contribution in [3.05, 3.63) is 32.9 Å². The maximum Gasteiger partial charge on any atom is 0.264 e. The number of hydrogen-bond acceptors (Lipinski definition) is 1. The third-order valence-electron chi connectivity index (χ3n) is 1.72. The molecule has 0 saturated carbocycles. The molecular weight excluding hydrogens is 303 g/mol. The molecule has 0 bridgehead atoms. The molecule has 76 valence electrons. The van der Waals surface area contributed by atoms with E-state index in [2.05, 4.69) is 5.32 Å². The fourth-order valence-electron chi connectivity index (χ4n) is 0.990. The Morgan fingerprint density at radius 2 is 2.14 bits per heavy atom. The van der Waals surface area contributed by atoms with Crippen molar-refractivity contribution in [3.63, 3.8) is 0 Å². The molecule has 1 rings (SSSR count). The lowest BCUT2D eigenvalue weighted by atomic mass is 10.1. The molecule has 0 fully saturated rings. The molecule has 1 aromatic carbocycles. The third kappa shape index (κ3) is 2.40. The molecule has 0 unspecified atom stereocenters. The lowest BCUT2D eigenvalue weighted by molar-refractivity contribution is 0.0962. The number of rotatable bonds is 2. The van der Waals surface area contributed by atoms with Crippen molar-refractivity contribution in [1.29, 1.82) is 0 Å². The van der Waals surface area contributed by atoms with Gasteiger partial charge < -0.3 is 5.32 Å². The van der Waals surface area contributed by atoms with E-state index in [1.54, 1.807) is 22.6 Å². The van der Waals surface area contributed by atoms with Crippen molar-refractivity contribution >= 4 is 28.5 Å². The highest BCUT2D eigenvalue weighted by molar-refractivity contribution is 14.1. The fourth-order valence-corrected chi connectivity index (χ4v) is 1.74. The Morgan fingerprint density at radius 3 is 2.57 bits per heavy atom. The number of amides is 1. The van der Waals surface area contributed by atoms with E-state index in [-0.39, 0.29) is 11.5 Å². The highest BCUT2D eigenvalue weighted by atomic mass is 127. The van der Waals surface area contributed by atoms with Gasteiger partial charge in [-0.2, -0.15) is 0 Å². The highest BCUT2D eigenvalue weighted by Crippen LogP contribution is 2.25. The topological polar surface area (TPSA) is 29.1 Å². The van der Waals surface area contributed by atoms with Gasteiger partial charge in [0.1, 0.15) is 0 Å². The first-order chi connectivity index (χ1) is 6.56. The summed E-state index contributed by atoms with van der Waals surface area (Å²) in [4.78, 5) is 11.1. The van der Waals surface area contributed by atoms with Gasteiger partial charge in [-0.25, -0.2) is 8.78 Å². The first kappa shape index (κ1) is 11.4. The Kier molecular flexibility index (Phi) is 3.79. The summed E-state index contributed by atoms with van der Waals surface area (Å²) in [5.74, 6) is -0.274. The van der Waals surface area contributed by atoms with Gasteiger partial charge in [0.05, 0.1) is 0 Å². The molecule has 14 heavy (non-hydrogen) atoms. The van der Waals surface area contributed by atoms with Crippen molar-refractivity contribution in [1.82, 2.24) is 5.32 Å². The van der Waals surface area contributed by atoms with E-state index in [9.17, 15) is 13.6 Å². The van der Waals surface area contributed by atoms with Crippen LogP contribution in [0.1, 0.15) is 22.3 Å². The van der Waals surface area contributed by atoms with Crippen LogP contribution < -0.4 is 5.32 Å². The first-order valence-electron chi connectivity index (χ1n) is 3.86. The Bertz CT molecular complexity index is 355. The predicted octanol–water partition coefficient (Wildman–Crippen LogP) is 2.59. The fraction of sp³-hybridized carbons (Fsp3) is 0.222. The zero-order chi connectivity index (χ0) is 10.7. The van der Waals surface area contributed by atoms with Crippen LogP contribution in [0, 0.1) is 3.57 Å². The van der Waals surface area contributed by atoms with Crippen LogP contribution in [0.25, 0.3) is 0 Å². The van der Waals surface area contributed by atoms with Crippen LogP contribution in [0.5, 0.6) is 0 Å². The summed E-state index contributed by atoms with van der Waals surface area (Å²) in [6.07, 6.45) is -2.50. The summed E-state index contributed by atoms with van der Waals surface area (Å²) in [6, 6.07) is 4.11. The molecule has 0 aromatic heterocycles. The van der Waals surface area contributed by atoms with Gasteiger partial charge in [-0.1, -0.05) is 6.07 Å². The van der Waals surface area contributed by atoms with Gasteiger partial charge in [-0.3, -0.25) is 4.79 Å². The molecule has 0 saturated heterocycles. The number of halogens is 3. The van der Waals surface area contributed by atoms with Crippen LogP contribution in [0.4, 0.5) is 8.78 Å². The summed E-state index contributed by atoms with van der Waals surface area (Å²) < 4.78 is 25.1. The average molecular weight is 311 g/mol. The SMILES string of the molecule is CNC(=O)c1ccc(C(F)F)c(I)c1. The standard InChI is InChI=1S/C9H8F2INO/c1-13-9(14)5-2-3-6(8(10)11)7(12)4-5/h2-4,8H,1H3,(H,13,14). The Morgan fingerprint density at radius 1 is 1.50 bits per heavy atom. The number of hydrogen-bond donors (Lipinski definition) is 1. The zero-order valence-electron chi connectivity index (χ0n) is 7.35. The molecule has 1 amide bonds. The van der Waals surface area contributed by atoms with Gasteiger partial charge in [0.2, 0.25) is 0 Å². The molecule has 1 N–H and O–H groups in total. The van der Waals surface area contributed by atoms with Crippen LogP contribution in [0.2, 0.25) is 0 Å². The monoisotopic (exact) mass is 311 g/mol. The molecule has 1 aromatic rings. The van der Waals surface area contributed by atoms with Crippen molar-refractivity contribution < 1.29 is 13.6 Å². The number of benzene rings is 1. The van der Waals surface area contributed by atoms with Gasteiger partial charge >= 0.3 is 0 Å². The summed E-state index contributed by atoms with van der Waals surface area (Å²) in [5, 5.41) is 2.43. The van der Waals surface area contributed by atoms with Crippen LogP contribution in [-0.4, -0.2) is 13.0 Å². The van der Waals surface area contributed by atoms with Crippen molar-refractivity contribution in [2.45, 2.75) is 6.43 Å². The van der Waals surface area contributed by atoms with Gasteiger partial charge in [-0.15, -0.1) is 0 Å². The lowest BCUT2D eigenvalue weighted by Crippen LogP contribution is -2.17. The highest BCUT2D eigenvalue weighted by Gasteiger charge is 2.13. The minimum atomic E-state index is -2.50. The average Bonchev–Trinajstić information content (AvgIpc) is 2.15. The van der Waals surface area contributed by atoms with E-state index in [0.717, 1.165) is 0 Å². The second-order valence-corrected chi connectivity index (χ2v) is 3.78. The molecule has 0 atom stereocenters. The normalized spacial score (nSPS) is 10.4. The van der Waals surface area contributed by atoms with E-state index < -0.39 is 6.43 Å². The van der Waals surface area contributed by atoms with Crippen molar-refractivity contribution in [2.24, 2.45) is 0 Å². The summed E-state index contributed by atoms with van der Waals surface area (Å²) in [7, 11) is 1.50. The minimum Gasteiger partial charge on any atom is -0.355 e. The van der Waals surface area contributed by atoms with Gasteiger partial charge in [0.25, 0.3) is 12.3 Å². The third-order valence-corrected chi connectivity index (χ3v) is 2.66. The number of carbonyl (C=O) groups is 1. The summed E-state index contributed by atoms with van der Waals surface area (Å²) in [6.45, 7) is 0. The van der Waals surface area contributed by atoms with Gasteiger partial charge in [-0.05, 0) is 34.7 Å². The summed E-state index contributed by atoms with van der Waals surface area (Å²) >= 11 is 1.79. The molecule has 0 aliphatic rings. The Hall–Kier alpha value is -0.720. The quantitative estimate of drug-likeness (QED) is 0.836. The van der Waals surface area contributed by atoms with Gasteiger partial charge in [0.15, 0.2) is 0 Å². The van der Waals surface area contributed by atoms with E-state index in [4.69, 9.17) is 0 Å². The second-order valence-electron chi connectivity index (χ2n) is 2.62. The van der Waals surface area contributed by atoms with Crippen LogP contribution in [-0.2, 0) is 0 Å². The lowest BCUT2D eigenvalue weighted by Gasteiger charge is -2.05. The molecule has 0 heterocycles. The van der Waals surface area contributed by atoms with Gasteiger partial charge in [0, 0.05) is 21.7 Å². The van der Waals surface area contributed by atoms with E-state index >= 15 is 0 Å². The maximum absolute atomic E-state index is 12.3. The molecular formula is C9H8F2INO. The second kappa shape index (κ2) is 4.68.